The van der Waals surface area contributed by atoms with Gasteiger partial charge < -0.3 is 10.5 Å². The zero-order valence-electron chi connectivity index (χ0n) is 10.7. The van der Waals surface area contributed by atoms with E-state index >= 15 is 0 Å². The highest BCUT2D eigenvalue weighted by Gasteiger charge is 2.42. The molecule has 3 rings (SSSR count). The second kappa shape index (κ2) is 5.15. The minimum atomic E-state index is -0.514. The maximum Gasteiger partial charge on any atom is 0.131 e. The van der Waals surface area contributed by atoms with Crippen LogP contribution in [0.2, 0.25) is 0 Å². The van der Waals surface area contributed by atoms with E-state index in [1.54, 1.807) is 0 Å². The minimum absolute atomic E-state index is 0.101. The van der Waals surface area contributed by atoms with Crippen LogP contribution < -0.4 is 5.73 Å². The summed E-state index contributed by atoms with van der Waals surface area (Å²) in [6.45, 7) is 1.55. The molecule has 1 aliphatic heterocycles. The van der Waals surface area contributed by atoms with Gasteiger partial charge in [0.1, 0.15) is 11.6 Å². The van der Waals surface area contributed by atoms with Crippen LogP contribution in [0, 0.1) is 11.6 Å². The first-order chi connectivity index (χ1) is 9.22. The van der Waals surface area contributed by atoms with Gasteiger partial charge >= 0.3 is 0 Å². The van der Waals surface area contributed by atoms with Crippen molar-refractivity contribution in [3.8, 4) is 0 Å². The number of benzene rings is 1. The Morgan fingerprint density at radius 2 is 1.95 bits per heavy atom. The smallest absolute Gasteiger partial charge is 0.131 e. The zero-order valence-corrected chi connectivity index (χ0v) is 10.7. The number of rotatable bonds is 3. The predicted molar refractivity (Wildman–Crippen MR) is 67.6 cm³/mol. The van der Waals surface area contributed by atoms with E-state index < -0.39 is 17.7 Å². The van der Waals surface area contributed by atoms with E-state index in [0.29, 0.717) is 19.2 Å². The van der Waals surface area contributed by atoms with Crippen LogP contribution in [-0.4, -0.2) is 36.7 Å². The fourth-order valence-electron chi connectivity index (χ4n) is 2.91. The molecule has 1 aliphatic carbocycles. The summed E-state index contributed by atoms with van der Waals surface area (Å²) in [7, 11) is 0. The Labute approximate surface area is 111 Å². The standard InChI is InChI=1S/C14H18F2N2O/c15-10-2-1-3-11(16)13(10)14-12(8-17)19-7-6-18(14)9-4-5-9/h1-3,9,12,14H,4-8,17H2. The summed E-state index contributed by atoms with van der Waals surface area (Å²) in [6, 6.07) is 3.99. The Kier molecular flexibility index (Phi) is 3.52. The Balaban J connectivity index is 2.00. The molecule has 104 valence electrons. The Hall–Kier alpha value is -1.04. The van der Waals surface area contributed by atoms with Gasteiger partial charge in [0, 0.05) is 24.7 Å². The lowest BCUT2D eigenvalue weighted by Gasteiger charge is -2.41. The molecule has 2 unspecified atom stereocenters. The number of nitrogens with two attached hydrogens (primary N) is 1. The number of hydrogen-bond donors (Lipinski definition) is 1. The van der Waals surface area contributed by atoms with E-state index in [0.717, 1.165) is 12.8 Å². The predicted octanol–water partition coefficient (Wildman–Crippen LogP) is 1.83. The molecular formula is C14H18F2N2O. The van der Waals surface area contributed by atoms with Gasteiger partial charge in [-0.1, -0.05) is 6.07 Å². The van der Waals surface area contributed by atoms with Crippen molar-refractivity contribution in [3.05, 3.63) is 35.4 Å². The van der Waals surface area contributed by atoms with Crippen molar-refractivity contribution < 1.29 is 13.5 Å². The van der Waals surface area contributed by atoms with Gasteiger partial charge in [-0.2, -0.15) is 0 Å². The van der Waals surface area contributed by atoms with Crippen LogP contribution in [0.25, 0.3) is 0 Å². The summed E-state index contributed by atoms with van der Waals surface area (Å²) in [5.41, 5.74) is 5.82. The minimum Gasteiger partial charge on any atom is -0.374 e. The van der Waals surface area contributed by atoms with Crippen LogP contribution >= 0.6 is 0 Å². The monoisotopic (exact) mass is 268 g/mol. The van der Waals surface area contributed by atoms with Crippen LogP contribution in [-0.2, 0) is 4.74 Å². The first-order valence-electron chi connectivity index (χ1n) is 6.73. The average molecular weight is 268 g/mol. The van der Waals surface area contributed by atoms with Crippen molar-refractivity contribution in [2.24, 2.45) is 5.73 Å². The summed E-state index contributed by atoms with van der Waals surface area (Å²) in [5, 5.41) is 0. The van der Waals surface area contributed by atoms with Crippen LogP contribution in [0.5, 0.6) is 0 Å². The summed E-state index contributed by atoms with van der Waals surface area (Å²) in [4.78, 5) is 2.16. The normalized spacial score (nSPS) is 28.6. The molecule has 2 N–H and O–H groups in total. The third-order valence-electron chi connectivity index (χ3n) is 3.93. The number of hydrogen-bond acceptors (Lipinski definition) is 3. The van der Waals surface area contributed by atoms with Gasteiger partial charge in [0.05, 0.1) is 18.8 Å². The molecule has 0 aromatic heterocycles. The van der Waals surface area contributed by atoms with Gasteiger partial charge in [0.2, 0.25) is 0 Å². The number of ether oxygens (including phenoxy) is 1. The van der Waals surface area contributed by atoms with Crippen molar-refractivity contribution in [1.82, 2.24) is 4.90 Å². The molecule has 3 nitrogen and oxygen atoms in total. The number of halogens is 2. The highest BCUT2D eigenvalue weighted by atomic mass is 19.1. The maximum absolute atomic E-state index is 14.0. The molecule has 0 bridgehead atoms. The zero-order chi connectivity index (χ0) is 13.4. The van der Waals surface area contributed by atoms with E-state index in [1.807, 2.05) is 0 Å². The maximum atomic E-state index is 14.0. The lowest BCUT2D eigenvalue weighted by Crippen LogP contribution is -2.49. The van der Waals surface area contributed by atoms with Crippen molar-refractivity contribution in [2.45, 2.75) is 31.0 Å². The lowest BCUT2D eigenvalue weighted by atomic mass is 9.96. The third kappa shape index (κ3) is 2.38. The molecule has 1 heterocycles. The molecule has 2 atom stereocenters. The molecule has 2 aliphatic rings. The summed E-state index contributed by atoms with van der Waals surface area (Å²) < 4.78 is 33.7. The number of nitrogens with zero attached hydrogens (tertiary/aromatic N) is 1. The van der Waals surface area contributed by atoms with E-state index in [9.17, 15) is 8.78 Å². The molecule has 0 radical (unpaired) electrons. The molecule has 1 aromatic carbocycles. The lowest BCUT2D eigenvalue weighted by molar-refractivity contribution is -0.0733. The van der Waals surface area contributed by atoms with Gasteiger partial charge in [-0.25, -0.2) is 8.78 Å². The molecule has 5 heteroatoms. The van der Waals surface area contributed by atoms with E-state index in [2.05, 4.69) is 4.90 Å². The molecule has 0 amide bonds. The quantitative estimate of drug-likeness (QED) is 0.909. The fraction of sp³-hybridized carbons (Fsp3) is 0.571. The van der Waals surface area contributed by atoms with Gasteiger partial charge in [-0.15, -0.1) is 0 Å². The Morgan fingerprint density at radius 1 is 1.26 bits per heavy atom. The highest BCUT2D eigenvalue weighted by molar-refractivity contribution is 5.26. The van der Waals surface area contributed by atoms with E-state index in [1.165, 1.54) is 18.2 Å². The highest BCUT2D eigenvalue weighted by Crippen LogP contribution is 2.40. The summed E-state index contributed by atoms with van der Waals surface area (Å²) >= 11 is 0. The molecule has 0 spiro atoms. The summed E-state index contributed by atoms with van der Waals surface area (Å²) in [5.74, 6) is -1.03. The molecule has 1 saturated carbocycles. The topological polar surface area (TPSA) is 38.5 Å². The summed E-state index contributed by atoms with van der Waals surface area (Å²) in [6.07, 6.45) is 1.83. The van der Waals surface area contributed by atoms with E-state index in [-0.39, 0.29) is 18.2 Å². The number of morpholine rings is 1. The molecule has 1 saturated heterocycles. The second-order valence-electron chi connectivity index (χ2n) is 5.19. The van der Waals surface area contributed by atoms with Crippen molar-refractivity contribution in [3.63, 3.8) is 0 Å². The molecular weight excluding hydrogens is 250 g/mol. The van der Waals surface area contributed by atoms with Gasteiger partial charge in [-0.05, 0) is 25.0 Å². The van der Waals surface area contributed by atoms with Gasteiger partial charge in [0.15, 0.2) is 0 Å². The van der Waals surface area contributed by atoms with Crippen molar-refractivity contribution in [2.75, 3.05) is 19.7 Å². The van der Waals surface area contributed by atoms with Crippen molar-refractivity contribution >= 4 is 0 Å². The molecule has 19 heavy (non-hydrogen) atoms. The van der Waals surface area contributed by atoms with Crippen LogP contribution in [0.15, 0.2) is 18.2 Å². The third-order valence-corrected chi connectivity index (χ3v) is 3.93. The second-order valence-corrected chi connectivity index (χ2v) is 5.19. The van der Waals surface area contributed by atoms with Gasteiger partial charge in [-0.3, -0.25) is 4.90 Å². The van der Waals surface area contributed by atoms with Crippen LogP contribution in [0.4, 0.5) is 8.78 Å². The SMILES string of the molecule is NCC1OCCN(C2CC2)C1c1c(F)cccc1F. The largest absolute Gasteiger partial charge is 0.374 e. The Bertz CT molecular complexity index is 445. The fourth-order valence-corrected chi connectivity index (χ4v) is 2.91. The van der Waals surface area contributed by atoms with Crippen molar-refractivity contribution in [1.29, 1.82) is 0 Å². The first-order valence-corrected chi connectivity index (χ1v) is 6.73. The molecule has 2 fully saturated rings. The van der Waals surface area contributed by atoms with Gasteiger partial charge in [0.25, 0.3) is 0 Å². The van der Waals surface area contributed by atoms with Crippen LogP contribution in [0.1, 0.15) is 24.4 Å². The average Bonchev–Trinajstić information content (AvgIpc) is 3.23. The van der Waals surface area contributed by atoms with E-state index in [4.69, 9.17) is 10.5 Å². The Morgan fingerprint density at radius 3 is 2.53 bits per heavy atom. The molecule has 1 aromatic rings. The van der Waals surface area contributed by atoms with Crippen LogP contribution in [0.3, 0.4) is 0 Å². The first kappa shape index (κ1) is 13.0.